The highest BCUT2D eigenvalue weighted by molar-refractivity contribution is 6.10. The molecule has 0 spiro atoms. The van der Waals surface area contributed by atoms with Crippen molar-refractivity contribution in [3.63, 3.8) is 0 Å². The minimum Gasteiger partial charge on any atom is -0.421 e. The normalized spacial score (nSPS) is 15.7. The van der Waals surface area contributed by atoms with E-state index in [9.17, 15) is 0 Å². The maximum Gasteiger partial charge on any atom is 0.227 e. The fraction of sp³-hybridized carbons (Fsp3) is 0.385. The first kappa shape index (κ1) is 10.3. The van der Waals surface area contributed by atoms with Gasteiger partial charge in [-0.1, -0.05) is 45.5 Å². The van der Waals surface area contributed by atoms with Gasteiger partial charge in [-0.05, 0) is 16.5 Å². The summed E-state index contributed by atoms with van der Waals surface area (Å²) in [7, 11) is 5.87. The highest BCUT2D eigenvalue weighted by Gasteiger charge is 2.26. The largest absolute Gasteiger partial charge is 0.421 e. The van der Waals surface area contributed by atoms with E-state index in [0.29, 0.717) is 0 Å². The van der Waals surface area contributed by atoms with Crippen LogP contribution in [-0.4, -0.2) is 12.8 Å². The molecule has 1 aromatic carbocycles. The molecule has 0 bridgehead atoms. The molecule has 1 aliphatic rings. The first-order chi connectivity index (χ1) is 6.91. The number of hydrogen-bond acceptors (Lipinski definition) is 1. The van der Waals surface area contributed by atoms with E-state index in [1.54, 1.807) is 4.81 Å². The van der Waals surface area contributed by atoms with Crippen LogP contribution in [-0.2, 0) is 12.0 Å². The lowest BCUT2D eigenvalue weighted by Crippen LogP contribution is -2.15. The molecule has 1 aromatic rings. The number of fused-ring (bicyclic) bond motifs is 1. The standard InChI is InChI=1S/C13H16BN/c1-9-10-6-5-7-12(13(2,3)4)11(10)8-15(9)14/h5-7H,1,8H2,2-4H3. The molecule has 2 rings (SSSR count). The monoisotopic (exact) mass is 197 g/mol. The van der Waals surface area contributed by atoms with E-state index in [0.717, 1.165) is 12.2 Å². The molecule has 0 amide bonds. The predicted molar refractivity (Wildman–Crippen MR) is 65.5 cm³/mol. The molecule has 0 atom stereocenters. The number of rotatable bonds is 0. The van der Waals surface area contributed by atoms with Crippen LogP contribution in [0.25, 0.3) is 5.70 Å². The lowest BCUT2D eigenvalue weighted by Gasteiger charge is -2.22. The van der Waals surface area contributed by atoms with Gasteiger partial charge in [0.25, 0.3) is 0 Å². The molecule has 15 heavy (non-hydrogen) atoms. The Hall–Kier alpha value is -1.18. The van der Waals surface area contributed by atoms with E-state index in [-0.39, 0.29) is 5.41 Å². The predicted octanol–water partition coefficient (Wildman–Crippen LogP) is 2.85. The van der Waals surface area contributed by atoms with Crippen molar-refractivity contribution < 1.29 is 0 Å². The number of benzene rings is 1. The van der Waals surface area contributed by atoms with Crippen molar-refractivity contribution in [1.29, 1.82) is 0 Å². The van der Waals surface area contributed by atoms with Gasteiger partial charge in [0.1, 0.15) is 0 Å². The van der Waals surface area contributed by atoms with Gasteiger partial charge in [-0.25, -0.2) is 0 Å². The Morgan fingerprint density at radius 1 is 1.33 bits per heavy atom. The van der Waals surface area contributed by atoms with Crippen LogP contribution in [0, 0.1) is 0 Å². The fourth-order valence-electron chi connectivity index (χ4n) is 2.15. The summed E-state index contributed by atoms with van der Waals surface area (Å²) >= 11 is 0. The Balaban J connectivity index is 2.60. The summed E-state index contributed by atoms with van der Waals surface area (Å²) in [5.74, 6) is 0. The molecule has 0 saturated carbocycles. The van der Waals surface area contributed by atoms with Crippen LogP contribution in [0.1, 0.15) is 37.5 Å². The molecule has 2 radical (unpaired) electrons. The Bertz CT molecular complexity index is 415. The van der Waals surface area contributed by atoms with Gasteiger partial charge in [-0.15, -0.1) is 0 Å². The maximum atomic E-state index is 5.87. The second-order valence-electron chi connectivity index (χ2n) is 5.16. The Kier molecular flexibility index (Phi) is 2.18. The summed E-state index contributed by atoms with van der Waals surface area (Å²) in [6, 6.07) is 6.37. The van der Waals surface area contributed by atoms with Crippen LogP contribution in [0.15, 0.2) is 24.8 Å². The summed E-state index contributed by atoms with van der Waals surface area (Å²) in [6.07, 6.45) is 0. The highest BCUT2D eigenvalue weighted by Crippen LogP contribution is 2.36. The van der Waals surface area contributed by atoms with Gasteiger partial charge in [-0.2, -0.15) is 0 Å². The summed E-state index contributed by atoms with van der Waals surface area (Å²) in [4.78, 5) is 1.72. The third kappa shape index (κ3) is 1.58. The van der Waals surface area contributed by atoms with Gasteiger partial charge in [0, 0.05) is 17.8 Å². The molecule has 2 heteroatoms. The van der Waals surface area contributed by atoms with Crippen LogP contribution in [0.4, 0.5) is 0 Å². The van der Waals surface area contributed by atoms with Gasteiger partial charge in [0.05, 0.1) is 0 Å². The van der Waals surface area contributed by atoms with Crippen molar-refractivity contribution in [3.05, 3.63) is 41.5 Å². The highest BCUT2D eigenvalue weighted by atomic mass is 15.1. The van der Waals surface area contributed by atoms with E-state index < -0.39 is 0 Å². The molecule has 1 nitrogen and oxygen atoms in total. The average Bonchev–Trinajstić information content (AvgIpc) is 2.41. The molecule has 0 aliphatic carbocycles. The van der Waals surface area contributed by atoms with E-state index >= 15 is 0 Å². The Morgan fingerprint density at radius 3 is 2.60 bits per heavy atom. The van der Waals surface area contributed by atoms with Crippen molar-refractivity contribution in [3.8, 4) is 0 Å². The van der Waals surface area contributed by atoms with Gasteiger partial charge < -0.3 is 4.81 Å². The average molecular weight is 197 g/mol. The van der Waals surface area contributed by atoms with E-state index in [2.05, 4.69) is 45.5 Å². The first-order valence-corrected chi connectivity index (χ1v) is 5.25. The zero-order chi connectivity index (χ0) is 11.2. The summed E-state index contributed by atoms with van der Waals surface area (Å²) in [5, 5.41) is 0. The molecular weight excluding hydrogens is 181 g/mol. The first-order valence-electron chi connectivity index (χ1n) is 5.25. The summed E-state index contributed by atoms with van der Waals surface area (Å²) in [5.41, 5.74) is 4.99. The second-order valence-corrected chi connectivity index (χ2v) is 5.16. The number of nitrogens with zero attached hydrogens (tertiary/aromatic N) is 1. The van der Waals surface area contributed by atoms with Crippen LogP contribution in [0.2, 0.25) is 0 Å². The van der Waals surface area contributed by atoms with E-state index in [1.807, 2.05) is 0 Å². The zero-order valence-electron chi connectivity index (χ0n) is 9.67. The van der Waals surface area contributed by atoms with Crippen LogP contribution >= 0.6 is 0 Å². The molecule has 0 fully saturated rings. The van der Waals surface area contributed by atoms with E-state index in [1.165, 1.54) is 16.7 Å². The minimum atomic E-state index is 0.163. The lowest BCUT2D eigenvalue weighted by molar-refractivity contribution is 0.570. The quantitative estimate of drug-likeness (QED) is 0.578. The molecule has 1 heterocycles. The molecule has 76 valence electrons. The lowest BCUT2D eigenvalue weighted by atomic mass is 9.82. The third-order valence-electron chi connectivity index (χ3n) is 2.97. The zero-order valence-corrected chi connectivity index (χ0v) is 9.67. The van der Waals surface area contributed by atoms with Crippen molar-refractivity contribution in [1.82, 2.24) is 4.81 Å². The molecule has 0 N–H and O–H groups in total. The summed E-state index contributed by atoms with van der Waals surface area (Å²) < 4.78 is 0. The van der Waals surface area contributed by atoms with E-state index in [4.69, 9.17) is 7.98 Å². The number of hydrogen-bond donors (Lipinski definition) is 0. The van der Waals surface area contributed by atoms with Crippen LogP contribution in [0.3, 0.4) is 0 Å². The van der Waals surface area contributed by atoms with Gasteiger partial charge in [0.2, 0.25) is 7.98 Å². The Labute approximate surface area is 93.2 Å². The van der Waals surface area contributed by atoms with Crippen LogP contribution in [0.5, 0.6) is 0 Å². The van der Waals surface area contributed by atoms with Gasteiger partial charge in [0.15, 0.2) is 0 Å². The van der Waals surface area contributed by atoms with Crippen LogP contribution < -0.4 is 0 Å². The fourth-order valence-corrected chi connectivity index (χ4v) is 2.15. The van der Waals surface area contributed by atoms with Gasteiger partial charge >= 0.3 is 0 Å². The van der Waals surface area contributed by atoms with Crippen molar-refractivity contribution in [2.75, 3.05) is 0 Å². The van der Waals surface area contributed by atoms with Crippen molar-refractivity contribution in [2.24, 2.45) is 0 Å². The molecule has 1 aliphatic heterocycles. The molecule has 0 aromatic heterocycles. The summed E-state index contributed by atoms with van der Waals surface area (Å²) in [6.45, 7) is 11.5. The molecule has 0 unspecified atom stereocenters. The topological polar surface area (TPSA) is 3.24 Å². The molecule has 0 saturated heterocycles. The third-order valence-corrected chi connectivity index (χ3v) is 2.97. The Morgan fingerprint density at radius 2 is 2.00 bits per heavy atom. The van der Waals surface area contributed by atoms with Gasteiger partial charge in [-0.3, -0.25) is 0 Å². The minimum absolute atomic E-state index is 0.163. The second kappa shape index (κ2) is 3.16. The van der Waals surface area contributed by atoms with Crippen molar-refractivity contribution >= 4 is 13.7 Å². The van der Waals surface area contributed by atoms with Crippen molar-refractivity contribution in [2.45, 2.75) is 32.7 Å². The maximum absolute atomic E-state index is 5.87. The smallest absolute Gasteiger partial charge is 0.227 e. The SMILES string of the molecule is [B]N1Cc2c(cccc2C(C)(C)C)C1=C. The molecular formula is C13H16BN.